The van der Waals surface area contributed by atoms with Gasteiger partial charge in [0.2, 0.25) is 0 Å². The van der Waals surface area contributed by atoms with Crippen LogP contribution in [-0.2, 0) is 20.2 Å². The maximum atomic E-state index is 12.7. The van der Waals surface area contributed by atoms with Crippen LogP contribution in [0.3, 0.4) is 0 Å². The van der Waals surface area contributed by atoms with E-state index in [1.807, 2.05) is 0 Å². The average molecular weight is 395 g/mol. The molecular weight excluding hydrogens is 387 g/mol. The van der Waals surface area contributed by atoms with Crippen LogP contribution in [0, 0.1) is 0 Å². The molecule has 1 aromatic carbocycles. The predicted octanol–water partition coefficient (Wildman–Crippen LogP) is 2.30. The first-order valence-electron chi connectivity index (χ1n) is 5.38. The zero-order valence-corrected chi connectivity index (χ0v) is 13.4. The Morgan fingerprint density at radius 1 is 1.00 bits per heavy atom. The molecule has 0 spiro atoms. The molecule has 0 atom stereocenters. The summed E-state index contributed by atoms with van der Waals surface area (Å²) in [6.07, 6.45) is 1.47. The largest absolute Gasteiger partial charge is 0.332 e. The molecule has 2 rings (SSSR count). The van der Waals surface area contributed by atoms with Gasteiger partial charge in [-0.05, 0) is 52.3 Å². The number of sulfonamides is 1. The molecule has 0 bridgehead atoms. The Hall–Kier alpha value is -1.52. The highest BCUT2D eigenvalue weighted by Gasteiger charge is 2.18. The summed E-state index contributed by atoms with van der Waals surface area (Å²) in [6.45, 7) is 0. The SMILES string of the molecule is O=S(=O)(F)c1ccc(S(=O)(=O)Nc2cccnc2Br)cc1. The molecule has 1 heterocycles. The molecule has 0 fully saturated rings. The Balaban J connectivity index is 2.35. The summed E-state index contributed by atoms with van der Waals surface area (Å²) in [5.74, 6) is 0. The second-order valence-electron chi connectivity index (χ2n) is 3.86. The summed E-state index contributed by atoms with van der Waals surface area (Å²) in [5.41, 5.74) is 0.222. The van der Waals surface area contributed by atoms with Crippen LogP contribution in [0.1, 0.15) is 0 Å². The van der Waals surface area contributed by atoms with Crippen LogP contribution >= 0.6 is 15.9 Å². The van der Waals surface area contributed by atoms with Gasteiger partial charge in [-0.1, -0.05) is 0 Å². The van der Waals surface area contributed by atoms with Crippen LogP contribution in [0.2, 0.25) is 0 Å². The molecule has 0 unspecified atom stereocenters. The highest BCUT2D eigenvalue weighted by Crippen LogP contribution is 2.23. The van der Waals surface area contributed by atoms with E-state index >= 15 is 0 Å². The number of nitrogens with zero attached hydrogens (tertiary/aromatic N) is 1. The van der Waals surface area contributed by atoms with E-state index in [2.05, 4.69) is 25.6 Å². The first kappa shape index (κ1) is 15.9. The van der Waals surface area contributed by atoms with Gasteiger partial charge < -0.3 is 0 Å². The van der Waals surface area contributed by atoms with Crippen molar-refractivity contribution in [3.8, 4) is 0 Å². The van der Waals surface area contributed by atoms with E-state index in [9.17, 15) is 20.7 Å². The van der Waals surface area contributed by atoms with E-state index in [0.29, 0.717) is 4.60 Å². The zero-order valence-electron chi connectivity index (χ0n) is 10.2. The molecule has 0 radical (unpaired) electrons. The van der Waals surface area contributed by atoms with Crippen LogP contribution in [-0.4, -0.2) is 21.8 Å². The molecule has 0 amide bonds. The summed E-state index contributed by atoms with van der Waals surface area (Å²) in [7, 11) is -8.80. The highest BCUT2D eigenvalue weighted by atomic mass is 79.9. The smallest absolute Gasteiger partial charge is 0.277 e. The molecule has 0 aliphatic heterocycles. The number of halogens is 2. The van der Waals surface area contributed by atoms with Gasteiger partial charge in [-0.2, -0.15) is 8.42 Å². The maximum Gasteiger partial charge on any atom is 0.332 e. The van der Waals surface area contributed by atoms with Gasteiger partial charge in [0, 0.05) is 6.20 Å². The Labute approximate surface area is 129 Å². The predicted molar refractivity (Wildman–Crippen MR) is 77.5 cm³/mol. The third kappa shape index (κ3) is 3.77. The van der Waals surface area contributed by atoms with Crippen LogP contribution in [0.25, 0.3) is 0 Å². The molecule has 2 aromatic rings. The van der Waals surface area contributed by atoms with Crippen molar-refractivity contribution in [2.75, 3.05) is 4.72 Å². The number of aromatic nitrogens is 1. The topological polar surface area (TPSA) is 93.2 Å². The fraction of sp³-hybridized carbons (Fsp3) is 0. The van der Waals surface area contributed by atoms with Crippen LogP contribution in [0.5, 0.6) is 0 Å². The van der Waals surface area contributed by atoms with Gasteiger partial charge in [-0.15, -0.1) is 3.89 Å². The van der Waals surface area contributed by atoms with Crippen molar-refractivity contribution in [2.24, 2.45) is 0 Å². The third-order valence-corrected chi connectivity index (χ3v) is 5.27. The molecule has 0 saturated heterocycles. The van der Waals surface area contributed by atoms with Crippen molar-refractivity contribution >= 4 is 41.9 Å². The number of benzene rings is 1. The van der Waals surface area contributed by atoms with Crippen molar-refractivity contribution in [3.63, 3.8) is 0 Å². The van der Waals surface area contributed by atoms with E-state index in [-0.39, 0.29) is 10.6 Å². The van der Waals surface area contributed by atoms with E-state index < -0.39 is 25.1 Å². The van der Waals surface area contributed by atoms with Crippen molar-refractivity contribution in [3.05, 3.63) is 47.2 Å². The molecule has 0 aliphatic rings. The van der Waals surface area contributed by atoms with Crippen LogP contribution < -0.4 is 4.72 Å². The van der Waals surface area contributed by atoms with Gasteiger partial charge in [0.1, 0.15) is 4.60 Å². The molecular formula is C11H8BrFN2O4S2. The number of hydrogen-bond acceptors (Lipinski definition) is 5. The van der Waals surface area contributed by atoms with Gasteiger partial charge in [-0.3, -0.25) is 4.72 Å². The molecule has 0 saturated carbocycles. The molecule has 0 aliphatic carbocycles. The molecule has 1 aromatic heterocycles. The van der Waals surface area contributed by atoms with Crippen LogP contribution in [0.15, 0.2) is 57.0 Å². The van der Waals surface area contributed by atoms with E-state index in [1.165, 1.54) is 12.3 Å². The third-order valence-electron chi connectivity index (χ3n) is 2.42. The van der Waals surface area contributed by atoms with Gasteiger partial charge in [0.25, 0.3) is 10.0 Å². The van der Waals surface area contributed by atoms with E-state index in [1.54, 1.807) is 6.07 Å². The lowest BCUT2D eigenvalue weighted by molar-refractivity contribution is 0.551. The Bertz CT molecular complexity index is 867. The fourth-order valence-electron chi connectivity index (χ4n) is 1.45. The standard InChI is InChI=1S/C11H8BrFN2O4S2/c12-11-10(2-1-7-14-11)15-21(18,19)9-5-3-8(4-6-9)20(13,16)17/h1-7,15H. The fourth-order valence-corrected chi connectivity index (χ4v) is 3.46. The maximum absolute atomic E-state index is 12.7. The quantitative estimate of drug-likeness (QED) is 0.634. The van der Waals surface area contributed by atoms with Gasteiger partial charge in [-0.25, -0.2) is 13.4 Å². The molecule has 112 valence electrons. The minimum Gasteiger partial charge on any atom is -0.277 e. The number of nitrogens with one attached hydrogen (secondary N) is 1. The van der Waals surface area contributed by atoms with Gasteiger partial charge >= 0.3 is 10.2 Å². The minimum absolute atomic E-state index is 0.203. The first-order valence-corrected chi connectivity index (χ1v) is 9.04. The summed E-state index contributed by atoms with van der Waals surface area (Å²) in [4.78, 5) is 3.05. The van der Waals surface area contributed by atoms with Gasteiger partial charge in [0.05, 0.1) is 15.5 Å². The number of anilines is 1. The van der Waals surface area contributed by atoms with E-state index in [4.69, 9.17) is 0 Å². The van der Waals surface area contributed by atoms with Crippen molar-refractivity contribution < 1.29 is 20.7 Å². The van der Waals surface area contributed by atoms with Crippen molar-refractivity contribution in [1.29, 1.82) is 0 Å². The van der Waals surface area contributed by atoms with E-state index in [0.717, 1.165) is 24.3 Å². The average Bonchev–Trinajstić information content (AvgIpc) is 2.40. The number of pyridine rings is 1. The Kier molecular flexibility index (Phi) is 4.30. The Morgan fingerprint density at radius 2 is 1.57 bits per heavy atom. The first-order chi connectivity index (χ1) is 9.70. The second kappa shape index (κ2) is 5.70. The Morgan fingerprint density at radius 3 is 2.10 bits per heavy atom. The normalized spacial score (nSPS) is 12.1. The summed E-state index contributed by atoms with van der Waals surface area (Å²) in [5, 5.41) is 0. The number of hydrogen-bond donors (Lipinski definition) is 1. The molecule has 6 nitrogen and oxygen atoms in total. The minimum atomic E-state index is -4.86. The molecule has 10 heteroatoms. The molecule has 21 heavy (non-hydrogen) atoms. The molecule has 1 N–H and O–H groups in total. The summed E-state index contributed by atoms with van der Waals surface area (Å²) < 4.78 is 60.9. The monoisotopic (exact) mass is 394 g/mol. The van der Waals surface area contributed by atoms with Crippen molar-refractivity contribution in [1.82, 2.24) is 4.98 Å². The highest BCUT2D eigenvalue weighted by molar-refractivity contribution is 9.10. The van der Waals surface area contributed by atoms with Crippen LogP contribution in [0.4, 0.5) is 9.57 Å². The second-order valence-corrected chi connectivity index (χ2v) is 7.64. The zero-order chi connectivity index (χ0) is 15.7. The number of rotatable bonds is 4. The lowest BCUT2D eigenvalue weighted by Crippen LogP contribution is -2.13. The lowest BCUT2D eigenvalue weighted by Gasteiger charge is -2.09. The van der Waals surface area contributed by atoms with Gasteiger partial charge in [0.15, 0.2) is 0 Å². The lowest BCUT2D eigenvalue weighted by atomic mass is 10.4. The summed E-state index contributed by atoms with van der Waals surface area (Å²) >= 11 is 3.09. The summed E-state index contributed by atoms with van der Waals surface area (Å²) in [6, 6.07) is 6.79. The van der Waals surface area contributed by atoms with Crippen molar-refractivity contribution in [2.45, 2.75) is 9.79 Å².